The van der Waals surface area contributed by atoms with Gasteiger partial charge < -0.3 is 29.9 Å². The van der Waals surface area contributed by atoms with Gasteiger partial charge in [0.25, 0.3) is 0 Å². The molecule has 0 aliphatic carbocycles. The number of likely N-dealkylation sites (N-methyl/N-ethyl adjacent to an activating group) is 1. The molecule has 0 saturated carbocycles. The normalized spacial score (nSPS) is 20.6. The highest BCUT2D eigenvalue weighted by Gasteiger charge is 2.38. The maximum absolute atomic E-state index is 12.4. The van der Waals surface area contributed by atoms with Crippen LogP contribution in [0.25, 0.3) is 0 Å². The Hall–Kier alpha value is -3.63. The minimum absolute atomic E-state index is 0.0222. The van der Waals surface area contributed by atoms with Gasteiger partial charge in [0.2, 0.25) is 5.91 Å². The number of aliphatic carboxylic acids is 1. The maximum atomic E-state index is 12.4. The van der Waals surface area contributed by atoms with Crippen LogP contribution in [0.5, 0.6) is 0 Å². The van der Waals surface area contributed by atoms with E-state index in [1.54, 1.807) is 6.07 Å². The Balaban J connectivity index is 1.49. The van der Waals surface area contributed by atoms with Crippen molar-refractivity contribution in [3.05, 3.63) is 95.3 Å². The van der Waals surface area contributed by atoms with E-state index in [0.717, 1.165) is 35.3 Å². The second kappa shape index (κ2) is 14.8. The van der Waals surface area contributed by atoms with Gasteiger partial charge >= 0.3 is 5.97 Å². The molecule has 0 radical (unpaired) electrons. The number of nitrogens with one attached hydrogen (secondary N) is 1. The first kappa shape index (κ1) is 30.3. The summed E-state index contributed by atoms with van der Waals surface area (Å²) in [6.45, 7) is 3.63. The summed E-state index contributed by atoms with van der Waals surface area (Å²) in [5.41, 5.74) is 4.26. The first-order valence-corrected chi connectivity index (χ1v) is 14.0. The number of carbonyl (C=O) groups excluding carboxylic acids is 1. The summed E-state index contributed by atoms with van der Waals surface area (Å²) in [7, 11) is 2.08. The van der Waals surface area contributed by atoms with Crippen LogP contribution in [-0.2, 0) is 32.1 Å². The van der Waals surface area contributed by atoms with Crippen molar-refractivity contribution in [2.75, 3.05) is 25.5 Å². The molecule has 1 aliphatic rings. The molecule has 1 aromatic heterocycles. The van der Waals surface area contributed by atoms with Crippen LogP contribution in [0, 0.1) is 5.92 Å². The Morgan fingerprint density at radius 3 is 2.51 bits per heavy atom. The average Bonchev–Trinajstić information content (AvgIpc) is 2.97. The van der Waals surface area contributed by atoms with Crippen LogP contribution < -0.4 is 5.32 Å². The molecule has 9 nitrogen and oxygen atoms in total. The first-order chi connectivity index (χ1) is 19.8. The van der Waals surface area contributed by atoms with E-state index >= 15 is 0 Å². The van der Waals surface area contributed by atoms with E-state index in [-0.39, 0.29) is 49.9 Å². The molecular weight excluding hydrogens is 522 g/mol. The zero-order valence-electron chi connectivity index (χ0n) is 23.6. The number of carboxylic acid groups (broad SMARTS) is 1. The van der Waals surface area contributed by atoms with Crippen molar-refractivity contribution < 1.29 is 29.3 Å². The van der Waals surface area contributed by atoms with E-state index in [4.69, 9.17) is 14.6 Å². The van der Waals surface area contributed by atoms with Crippen LogP contribution in [0.1, 0.15) is 61.0 Å². The van der Waals surface area contributed by atoms with Crippen molar-refractivity contribution in [1.82, 2.24) is 9.88 Å². The predicted octanol–water partition coefficient (Wildman–Crippen LogP) is 4.73. The second-order valence-electron chi connectivity index (χ2n) is 10.6. The lowest BCUT2D eigenvalue weighted by Crippen LogP contribution is -2.44. The van der Waals surface area contributed by atoms with Crippen LogP contribution in [0.2, 0.25) is 0 Å². The molecular formula is C32H39N3O6. The van der Waals surface area contributed by atoms with Crippen molar-refractivity contribution in [3.63, 3.8) is 0 Å². The van der Waals surface area contributed by atoms with Crippen molar-refractivity contribution in [1.29, 1.82) is 0 Å². The van der Waals surface area contributed by atoms with Gasteiger partial charge in [0.1, 0.15) is 0 Å². The summed E-state index contributed by atoms with van der Waals surface area (Å²) in [5, 5.41) is 21.2. The molecule has 3 N–H and O–H groups in total. The molecule has 218 valence electrons. The topological polar surface area (TPSA) is 121 Å². The predicted molar refractivity (Wildman–Crippen MR) is 155 cm³/mol. The lowest BCUT2D eigenvalue weighted by Gasteiger charge is -2.42. The van der Waals surface area contributed by atoms with Gasteiger partial charge in [0, 0.05) is 61.4 Å². The van der Waals surface area contributed by atoms with E-state index in [9.17, 15) is 14.7 Å². The number of aliphatic hydroxyl groups excluding tert-OH is 1. The summed E-state index contributed by atoms with van der Waals surface area (Å²) < 4.78 is 13.1. The molecule has 0 bridgehead atoms. The number of anilines is 1. The average molecular weight is 562 g/mol. The summed E-state index contributed by atoms with van der Waals surface area (Å²) in [5.74, 6) is -1.12. The number of carboxylic acids is 1. The van der Waals surface area contributed by atoms with Gasteiger partial charge in [0.05, 0.1) is 18.8 Å². The van der Waals surface area contributed by atoms with Crippen molar-refractivity contribution in [2.45, 2.75) is 57.7 Å². The lowest BCUT2D eigenvalue weighted by atomic mass is 9.90. The maximum Gasteiger partial charge on any atom is 0.303 e. The largest absolute Gasteiger partial charge is 0.481 e. The molecule has 0 spiro atoms. The highest BCUT2D eigenvalue weighted by atomic mass is 16.7. The Morgan fingerprint density at radius 2 is 1.80 bits per heavy atom. The van der Waals surface area contributed by atoms with Crippen molar-refractivity contribution >= 4 is 17.6 Å². The van der Waals surface area contributed by atoms with Gasteiger partial charge in [-0.1, -0.05) is 49.4 Å². The number of ether oxygens (including phenoxy) is 2. The number of hydrogen-bond acceptors (Lipinski definition) is 7. The molecule has 4 rings (SSSR count). The number of aliphatic hydroxyl groups is 1. The molecule has 1 aliphatic heterocycles. The van der Waals surface area contributed by atoms with Crippen LogP contribution in [0.4, 0.5) is 5.69 Å². The molecule has 4 unspecified atom stereocenters. The molecule has 1 fully saturated rings. The van der Waals surface area contributed by atoms with E-state index in [2.05, 4.69) is 29.2 Å². The third kappa shape index (κ3) is 8.93. The van der Waals surface area contributed by atoms with Crippen molar-refractivity contribution in [3.8, 4) is 0 Å². The molecule has 1 saturated heterocycles. The third-order valence-corrected chi connectivity index (χ3v) is 7.33. The standard InChI is InChI=1S/C32H39N3O6/c1-22-28(20-35(2)18-16-26-8-3-4-17-33-26)40-32(41-31(22)24-14-12-23(21-36)13-15-24)25-7-5-9-27(19-25)34-29(37)10-6-11-30(38)39/h3-5,7-9,12-15,17,19,22,28,31-32,36H,6,10-11,16,18,20-21H2,1-2H3,(H,34,37)(H,38,39). The quantitative estimate of drug-likeness (QED) is 0.274. The van der Waals surface area contributed by atoms with Crippen LogP contribution in [-0.4, -0.2) is 58.2 Å². The summed E-state index contributed by atoms with van der Waals surface area (Å²) >= 11 is 0. The highest BCUT2D eigenvalue weighted by molar-refractivity contribution is 5.90. The number of benzene rings is 2. The SMILES string of the molecule is CC1C(CN(C)CCc2ccccn2)OC(c2cccc(NC(=O)CCCC(=O)O)c2)OC1c1ccc(CO)cc1. The number of aromatic nitrogens is 1. The van der Waals surface area contributed by atoms with E-state index in [1.165, 1.54) is 0 Å². The number of nitrogens with zero attached hydrogens (tertiary/aromatic N) is 2. The Kier molecular flexibility index (Phi) is 11.0. The zero-order chi connectivity index (χ0) is 29.2. The molecule has 41 heavy (non-hydrogen) atoms. The molecule has 2 heterocycles. The number of carbonyl (C=O) groups is 2. The van der Waals surface area contributed by atoms with Crippen molar-refractivity contribution in [2.24, 2.45) is 5.92 Å². The highest BCUT2D eigenvalue weighted by Crippen LogP contribution is 2.42. The van der Waals surface area contributed by atoms with Crippen LogP contribution in [0.15, 0.2) is 72.9 Å². The fourth-order valence-electron chi connectivity index (χ4n) is 4.96. The Morgan fingerprint density at radius 1 is 1.00 bits per heavy atom. The van der Waals surface area contributed by atoms with Crippen LogP contribution in [0.3, 0.4) is 0 Å². The second-order valence-corrected chi connectivity index (χ2v) is 10.6. The molecule has 4 atom stereocenters. The number of hydrogen-bond donors (Lipinski definition) is 3. The Labute approximate surface area is 241 Å². The number of amides is 1. The van der Waals surface area contributed by atoms with Gasteiger partial charge in [0.15, 0.2) is 6.29 Å². The molecule has 9 heteroatoms. The van der Waals surface area contributed by atoms with E-state index < -0.39 is 12.3 Å². The Bertz CT molecular complexity index is 1270. The fraction of sp³-hybridized carbons (Fsp3) is 0.406. The number of pyridine rings is 1. The van der Waals surface area contributed by atoms with Crippen LogP contribution >= 0.6 is 0 Å². The zero-order valence-corrected chi connectivity index (χ0v) is 23.6. The summed E-state index contributed by atoms with van der Waals surface area (Å²) in [6.07, 6.45) is 1.95. The molecule has 2 aromatic carbocycles. The monoisotopic (exact) mass is 561 g/mol. The molecule has 3 aromatic rings. The fourth-order valence-corrected chi connectivity index (χ4v) is 4.96. The van der Waals surface area contributed by atoms with Gasteiger partial charge in [-0.3, -0.25) is 14.6 Å². The van der Waals surface area contributed by atoms with Gasteiger partial charge in [-0.2, -0.15) is 0 Å². The smallest absolute Gasteiger partial charge is 0.303 e. The van der Waals surface area contributed by atoms with E-state index in [0.29, 0.717) is 12.2 Å². The van der Waals surface area contributed by atoms with Gasteiger partial charge in [-0.15, -0.1) is 0 Å². The minimum Gasteiger partial charge on any atom is -0.481 e. The first-order valence-electron chi connectivity index (χ1n) is 14.0. The lowest BCUT2D eigenvalue weighted by molar-refractivity contribution is -0.275. The van der Waals surface area contributed by atoms with Gasteiger partial charge in [-0.25, -0.2) is 0 Å². The molecule has 1 amide bonds. The third-order valence-electron chi connectivity index (χ3n) is 7.33. The van der Waals surface area contributed by atoms with E-state index in [1.807, 2.05) is 66.9 Å². The van der Waals surface area contributed by atoms with Gasteiger partial charge in [-0.05, 0) is 48.9 Å². The minimum atomic E-state index is -0.918. The number of rotatable bonds is 13. The summed E-state index contributed by atoms with van der Waals surface area (Å²) in [6, 6.07) is 21.1. The summed E-state index contributed by atoms with van der Waals surface area (Å²) in [4.78, 5) is 29.8.